The predicted molar refractivity (Wildman–Crippen MR) is 90.5 cm³/mol. The molecule has 0 radical (unpaired) electrons. The van der Waals surface area contributed by atoms with Gasteiger partial charge in [-0.3, -0.25) is 14.3 Å². The van der Waals surface area contributed by atoms with Crippen LogP contribution in [0.1, 0.15) is 6.92 Å². The topological polar surface area (TPSA) is 76.5 Å². The number of nitrogens with zero attached hydrogens (tertiary/aromatic N) is 3. The zero-order chi connectivity index (χ0) is 17.1. The van der Waals surface area contributed by atoms with Gasteiger partial charge in [0.15, 0.2) is 5.16 Å². The van der Waals surface area contributed by atoms with E-state index < -0.39 is 5.25 Å². The number of hydrogen-bond acceptors (Lipinski definition) is 5. The van der Waals surface area contributed by atoms with Crippen molar-refractivity contribution in [3.8, 4) is 11.4 Å². The summed E-state index contributed by atoms with van der Waals surface area (Å²) in [5.41, 5.74) is 0.896. The van der Waals surface area contributed by atoms with Gasteiger partial charge in [0.05, 0.1) is 18.0 Å². The van der Waals surface area contributed by atoms with Crippen molar-refractivity contribution in [2.75, 3.05) is 20.2 Å². The molecule has 1 aliphatic heterocycles. The molecule has 1 aliphatic rings. The van der Waals surface area contributed by atoms with E-state index in [1.807, 2.05) is 35.0 Å². The Morgan fingerprint density at radius 3 is 3.00 bits per heavy atom. The second-order valence-corrected chi connectivity index (χ2v) is 6.57. The number of carbonyl (C=O) groups is 2. The zero-order valence-corrected chi connectivity index (χ0v) is 14.2. The van der Waals surface area contributed by atoms with Crippen LogP contribution in [0.15, 0.2) is 41.8 Å². The van der Waals surface area contributed by atoms with Crippen LogP contribution < -0.4 is 10.1 Å². The van der Waals surface area contributed by atoms with Gasteiger partial charge in [0.1, 0.15) is 5.75 Å². The highest BCUT2D eigenvalue weighted by molar-refractivity contribution is 8.00. The fourth-order valence-electron chi connectivity index (χ4n) is 2.44. The molecule has 0 spiro atoms. The fourth-order valence-corrected chi connectivity index (χ4v) is 3.39. The Bertz CT molecular complexity index is 761. The molecule has 2 aromatic rings. The van der Waals surface area contributed by atoms with Crippen molar-refractivity contribution in [1.29, 1.82) is 0 Å². The number of imide groups is 1. The number of imidazole rings is 1. The number of methoxy groups -OCH3 is 1. The van der Waals surface area contributed by atoms with Gasteiger partial charge >= 0.3 is 6.03 Å². The molecule has 0 unspecified atom stereocenters. The Hall–Kier alpha value is -2.48. The third kappa shape index (κ3) is 3.23. The van der Waals surface area contributed by atoms with Crippen LogP contribution in [0.5, 0.6) is 5.75 Å². The van der Waals surface area contributed by atoms with Crippen LogP contribution >= 0.6 is 11.8 Å². The van der Waals surface area contributed by atoms with Crippen molar-refractivity contribution in [3.05, 3.63) is 36.7 Å². The standard InChI is InChI=1S/C16H18N4O3S/c1-11(14(21)20-9-6-17-15(20)22)24-16-18-7-8-19(16)12-4-3-5-13(10-12)23-2/h3-5,7-8,10-11H,6,9H2,1-2H3,(H,17,22)/t11-/m1/s1. The lowest BCUT2D eigenvalue weighted by atomic mass is 10.3. The van der Waals surface area contributed by atoms with Crippen molar-refractivity contribution >= 4 is 23.7 Å². The van der Waals surface area contributed by atoms with Crippen molar-refractivity contribution in [1.82, 2.24) is 19.8 Å². The van der Waals surface area contributed by atoms with Gasteiger partial charge in [0.25, 0.3) is 0 Å². The molecule has 0 saturated carbocycles. The molecule has 7 nitrogen and oxygen atoms in total. The second-order valence-electron chi connectivity index (χ2n) is 5.26. The van der Waals surface area contributed by atoms with Crippen LogP contribution in [0.3, 0.4) is 0 Å². The molecule has 1 fully saturated rings. The highest BCUT2D eigenvalue weighted by atomic mass is 32.2. The molecule has 3 rings (SSSR count). The van der Waals surface area contributed by atoms with Gasteiger partial charge < -0.3 is 10.1 Å². The molecule has 3 amide bonds. The first-order valence-corrected chi connectivity index (χ1v) is 8.42. The number of nitrogens with one attached hydrogen (secondary N) is 1. The number of hydrogen-bond donors (Lipinski definition) is 1. The molecule has 0 aliphatic carbocycles. The summed E-state index contributed by atoms with van der Waals surface area (Å²) in [4.78, 5) is 29.6. The molecule has 2 heterocycles. The number of thioether (sulfide) groups is 1. The molecule has 1 N–H and O–H groups in total. The minimum atomic E-state index is -0.416. The van der Waals surface area contributed by atoms with Gasteiger partial charge in [-0.1, -0.05) is 17.8 Å². The summed E-state index contributed by atoms with van der Waals surface area (Å²) in [5.74, 6) is 0.533. The maximum Gasteiger partial charge on any atom is 0.324 e. The molecule has 1 saturated heterocycles. The number of amides is 3. The average Bonchev–Trinajstić information content (AvgIpc) is 3.23. The molecule has 1 aromatic carbocycles. The van der Waals surface area contributed by atoms with Crippen LogP contribution in [0, 0.1) is 0 Å². The van der Waals surface area contributed by atoms with E-state index in [0.29, 0.717) is 18.2 Å². The number of carbonyl (C=O) groups excluding carboxylic acids is 2. The molecular formula is C16H18N4O3S. The van der Waals surface area contributed by atoms with Crippen molar-refractivity contribution in [2.24, 2.45) is 0 Å². The molecule has 126 valence electrons. The third-order valence-corrected chi connectivity index (χ3v) is 4.76. The fraction of sp³-hybridized carbons (Fsp3) is 0.312. The van der Waals surface area contributed by atoms with E-state index >= 15 is 0 Å². The van der Waals surface area contributed by atoms with Crippen LogP contribution in [0.25, 0.3) is 5.69 Å². The SMILES string of the molecule is COc1cccc(-n2ccnc2S[C@H](C)C(=O)N2CCNC2=O)c1. The number of aromatic nitrogens is 2. The molecule has 1 aromatic heterocycles. The highest BCUT2D eigenvalue weighted by Crippen LogP contribution is 2.27. The minimum absolute atomic E-state index is 0.213. The maximum atomic E-state index is 12.4. The Labute approximate surface area is 144 Å². The van der Waals surface area contributed by atoms with Gasteiger partial charge in [-0.05, 0) is 19.1 Å². The lowest BCUT2D eigenvalue weighted by Crippen LogP contribution is -2.39. The van der Waals surface area contributed by atoms with E-state index in [4.69, 9.17) is 4.74 Å². The lowest BCUT2D eigenvalue weighted by Gasteiger charge is -2.17. The van der Waals surface area contributed by atoms with Crippen LogP contribution in [0.4, 0.5) is 4.79 Å². The van der Waals surface area contributed by atoms with Crippen molar-refractivity contribution < 1.29 is 14.3 Å². The summed E-state index contributed by atoms with van der Waals surface area (Å²) in [5, 5.41) is 2.90. The van der Waals surface area contributed by atoms with Crippen LogP contribution in [0.2, 0.25) is 0 Å². The number of urea groups is 1. The normalized spacial score (nSPS) is 15.2. The lowest BCUT2D eigenvalue weighted by molar-refractivity contribution is -0.126. The number of rotatable bonds is 5. The van der Waals surface area contributed by atoms with E-state index in [2.05, 4.69) is 10.3 Å². The van der Waals surface area contributed by atoms with Crippen LogP contribution in [-0.2, 0) is 4.79 Å². The average molecular weight is 346 g/mol. The Morgan fingerprint density at radius 2 is 2.29 bits per heavy atom. The monoisotopic (exact) mass is 346 g/mol. The minimum Gasteiger partial charge on any atom is -0.497 e. The van der Waals surface area contributed by atoms with Gasteiger partial charge in [-0.25, -0.2) is 9.78 Å². The summed E-state index contributed by atoms with van der Waals surface area (Å²) >= 11 is 1.32. The highest BCUT2D eigenvalue weighted by Gasteiger charge is 2.30. The quantitative estimate of drug-likeness (QED) is 0.837. The molecule has 0 bridgehead atoms. The Balaban J connectivity index is 1.77. The first kappa shape index (κ1) is 16.4. The van der Waals surface area contributed by atoms with Crippen molar-refractivity contribution in [3.63, 3.8) is 0 Å². The van der Waals surface area contributed by atoms with Gasteiger partial charge in [0.2, 0.25) is 5.91 Å². The van der Waals surface area contributed by atoms with Crippen LogP contribution in [-0.4, -0.2) is 51.8 Å². The smallest absolute Gasteiger partial charge is 0.324 e. The number of ether oxygens (including phenoxy) is 1. The van der Waals surface area contributed by atoms with Gasteiger partial charge in [0, 0.05) is 31.5 Å². The summed E-state index contributed by atoms with van der Waals surface area (Å²) in [6.07, 6.45) is 3.51. The van der Waals surface area contributed by atoms with E-state index in [9.17, 15) is 9.59 Å². The van der Waals surface area contributed by atoms with E-state index in [0.717, 1.165) is 11.4 Å². The summed E-state index contributed by atoms with van der Waals surface area (Å²) in [6.45, 7) is 2.69. The Kier molecular flexibility index (Phi) is 4.75. The maximum absolute atomic E-state index is 12.4. The largest absolute Gasteiger partial charge is 0.497 e. The van der Waals surface area contributed by atoms with Gasteiger partial charge in [-0.15, -0.1) is 0 Å². The van der Waals surface area contributed by atoms with E-state index in [1.54, 1.807) is 20.2 Å². The Morgan fingerprint density at radius 1 is 1.46 bits per heavy atom. The summed E-state index contributed by atoms with van der Waals surface area (Å²) < 4.78 is 7.14. The molecule has 8 heteroatoms. The predicted octanol–water partition coefficient (Wildman–Crippen LogP) is 1.91. The first-order chi connectivity index (χ1) is 11.6. The summed E-state index contributed by atoms with van der Waals surface area (Å²) in [6, 6.07) is 7.27. The summed E-state index contributed by atoms with van der Waals surface area (Å²) in [7, 11) is 1.62. The molecular weight excluding hydrogens is 328 g/mol. The molecule has 1 atom stereocenters. The first-order valence-electron chi connectivity index (χ1n) is 7.54. The number of benzene rings is 1. The van der Waals surface area contributed by atoms with E-state index in [1.165, 1.54) is 16.7 Å². The second kappa shape index (κ2) is 6.96. The third-order valence-electron chi connectivity index (χ3n) is 3.69. The molecule has 24 heavy (non-hydrogen) atoms. The zero-order valence-electron chi connectivity index (χ0n) is 13.4. The van der Waals surface area contributed by atoms with Gasteiger partial charge in [-0.2, -0.15) is 0 Å². The van der Waals surface area contributed by atoms with E-state index in [-0.39, 0.29) is 11.9 Å². The van der Waals surface area contributed by atoms with Crippen molar-refractivity contribution in [2.45, 2.75) is 17.3 Å².